The fraction of sp³-hybridized carbons (Fsp3) is 0.353. The molecule has 0 bridgehead atoms. The van der Waals surface area contributed by atoms with Crippen LogP contribution < -0.4 is 10.2 Å². The number of hydrogen-bond donors (Lipinski definition) is 1. The van der Waals surface area contributed by atoms with Crippen molar-refractivity contribution in [2.24, 2.45) is 0 Å². The highest BCUT2D eigenvalue weighted by atomic mass is 32.2. The highest BCUT2D eigenvalue weighted by Gasteiger charge is 2.31. The molecule has 1 amide bonds. The summed E-state index contributed by atoms with van der Waals surface area (Å²) in [5.41, 5.74) is 0.533. The van der Waals surface area contributed by atoms with Gasteiger partial charge in [-0.2, -0.15) is 11.3 Å². The number of para-hydroxylation sites is 1. The molecule has 0 aliphatic carbocycles. The highest BCUT2D eigenvalue weighted by molar-refractivity contribution is 7.90. The van der Waals surface area contributed by atoms with Gasteiger partial charge in [-0.15, -0.1) is 0 Å². The molecule has 144 valence electrons. The zero-order valence-corrected chi connectivity index (χ0v) is 16.3. The van der Waals surface area contributed by atoms with Crippen LogP contribution in [-0.4, -0.2) is 44.6 Å². The number of hydrogen-bond acceptors (Lipinski definition) is 7. The molecule has 8 nitrogen and oxygen atoms in total. The van der Waals surface area contributed by atoms with Crippen LogP contribution in [0, 0.1) is 10.1 Å². The summed E-state index contributed by atoms with van der Waals surface area (Å²) in [4.78, 5) is 24.6. The van der Waals surface area contributed by atoms with Gasteiger partial charge in [-0.25, -0.2) is 8.42 Å². The Morgan fingerprint density at radius 2 is 2.00 bits per heavy atom. The van der Waals surface area contributed by atoms with Crippen molar-refractivity contribution in [1.82, 2.24) is 5.32 Å². The number of nitro benzene ring substituents is 1. The lowest BCUT2D eigenvalue weighted by atomic mass is 10.0. The third kappa shape index (κ3) is 4.28. The van der Waals surface area contributed by atoms with Gasteiger partial charge >= 0.3 is 5.69 Å². The lowest BCUT2D eigenvalue weighted by Crippen LogP contribution is -2.44. The first kappa shape index (κ1) is 19.3. The first-order valence-electron chi connectivity index (χ1n) is 8.33. The predicted molar refractivity (Wildman–Crippen MR) is 103 cm³/mol. The van der Waals surface area contributed by atoms with E-state index < -0.39 is 14.8 Å². The van der Waals surface area contributed by atoms with E-state index in [1.54, 1.807) is 22.4 Å². The number of nitrogens with zero attached hydrogens (tertiary/aromatic N) is 2. The monoisotopic (exact) mass is 409 g/mol. The Balaban J connectivity index is 1.75. The van der Waals surface area contributed by atoms with E-state index in [0.717, 1.165) is 6.26 Å². The summed E-state index contributed by atoms with van der Waals surface area (Å²) in [5, 5.41) is 18.1. The number of carbonyl (C=O) groups excluding carboxylic acids is 1. The standard InChI is InChI=1S/C17H19N3O5S2/c1-27(24,25)15-4-2-3-14(16(15)20(22)23)19-8-5-13(6-9-19)18-17(21)12-7-10-26-11-12/h2-4,7,10-11,13H,5-6,8-9H2,1H3,(H,18,21). The summed E-state index contributed by atoms with van der Waals surface area (Å²) < 4.78 is 23.8. The number of piperidine rings is 1. The number of thiophene rings is 1. The van der Waals surface area contributed by atoms with E-state index >= 15 is 0 Å². The van der Waals surface area contributed by atoms with Crippen LogP contribution in [-0.2, 0) is 9.84 Å². The Hall–Kier alpha value is -2.46. The summed E-state index contributed by atoms with van der Waals surface area (Å²) in [6, 6.07) is 6.08. The summed E-state index contributed by atoms with van der Waals surface area (Å²) >= 11 is 1.45. The van der Waals surface area contributed by atoms with Crippen LogP contribution in [0.25, 0.3) is 0 Å². The molecule has 0 atom stereocenters. The van der Waals surface area contributed by atoms with Gasteiger partial charge in [0.2, 0.25) is 0 Å². The maximum atomic E-state index is 12.1. The van der Waals surface area contributed by atoms with Gasteiger partial charge in [0.15, 0.2) is 9.84 Å². The van der Waals surface area contributed by atoms with Gasteiger partial charge in [-0.3, -0.25) is 14.9 Å². The quantitative estimate of drug-likeness (QED) is 0.600. The number of carbonyl (C=O) groups is 1. The third-order valence-electron chi connectivity index (χ3n) is 4.51. The minimum absolute atomic E-state index is 0.0224. The van der Waals surface area contributed by atoms with Gasteiger partial charge in [0.1, 0.15) is 10.6 Å². The highest BCUT2D eigenvalue weighted by Crippen LogP contribution is 2.35. The Labute approximate surface area is 160 Å². The molecule has 1 aromatic heterocycles. The average Bonchev–Trinajstić information content (AvgIpc) is 3.16. The van der Waals surface area contributed by atoms with Crippen LogP contribution in [0.4, 0.5) is 11.4 Å². The minimum atomic E-state index is -3.72. The minimum Gasteiger partial charge on any atom is -0.366 e. The molecule has 1 aliphatic heterocycles. The molecule has 0 unspecified atom stereocenters. The summed E-state index contributed by atoms with van der Waals surface area (Å²) in [6.07, 6.45) is 2.21. The lowest BCUT2D eigenvalue weighted by molar-refractivity contribution is -0.387. The van der Waals surface area contributed by atoms with Crippen molar-refractivity contribution in [3.8, 4) is 0 Å². The third-order valence-corrected chi connectivity index (χ3v) is 6.33. The SMILES string of the molecule is CS(=O)(=O)c1cccc(N2CCC(NC(=O)c3ccsc3)CC2)c1[N+](=O)[O-]. The predicted octanol–water partition coefficient (Wildman–Crippen LogP) is 2.46. The first-order valence-corrected chi connectivity index (χ1v) is 11.2. The van der Waals surface area contributed by atoms with Gasteiger partial charge in [0.25, 0.3) is 5.91 Å². The Kier molecular flexibility index (Phi) is 5.47. The van der Waals surface area contributed by atoms with Crippen molar-refractivity contribution in [1.29, 1.82) is 0 Å². The van der Waals surface area contributed by atoms with Crippen molar-refractivity contribution < 1.29 is 18.1 Å². The molecule has 0 radical (unpaired) electrons. The van der Waals surface area contributed by atoms with Crippen molar-refractivity contribution >= 4 is 38.5 Å². The maximum absolute atomic E-state index is 12.1. The van der Waals surface area contributed by atoms with Crippen LogP contribution >= 0.6 is 11.3 Å². The molecule has 2 heterocycles. The van der Waals surface area contributed by atoms with E-state index in [2.05, 4.69) is 5.32 Å². The van der Waals surface area contributed by atoms with E-state index in [1.165, 1.54) is 23.5 Å². The van der Waals surface area contributed by atoms with Crippen LogP contribution in [0.15, 0.2) is 39.9 Å². The fourth-order valence-corrected chi connectivity index (χ4v) is 4.67. The molecule has 1 aliphatic rings. The largest absolute Gasteiger partial charge is 0.366 e. The van der Waals surface area contributed by atoms with Gasteiger partial charge in [-0.05, 0) is 36.4 Å². The van der Waals surface area contributed by atoms with Gasteiger partial charge in [-0.1, -0.05) is 6.07 Å². The van der Waals surface area contributed by atoms with Gasteiger partial charge in [0, 0.05) is 36.3 Å². The van der Waals surface area contributed by atoms with Crippen molar-refractivity contribution in [2.75, 3.05) is 24.2 Å². The molecule has 10 heteroatoms. The van der Waals surface area contributed by atoms with Crippen molar-refractivity contribution in [3.63, 3.8) is 0 Å². The topological polar surface area (TPSA) is 110 Å². The molecule has 0 saturated carbocycles. The van der Waals surface area contributed by atoms with Crippen molar-refractivity contribution in [3.05, 3.63) is 50.7 Å². The number of nitro groups is 1. The number of rotatable bonds is 5. The first-order chi connectivity index (χ1) is 12.8. The Bertz CT molecular complexity index is 949. The molecular formula is C17H19N3O5S2. The zero-order chi connectivity index (χ0) is 19.6. The molecular weight excluding hydrogens is 390 g/mol. The second-order valence-electron chi connectivity index (χ2n) is 6.40. The lowest BCUT2D eigenvalue weighted by Gasteiger charge is -2.33. The number of benzene rings is 1. The fourth-order valence-electron chi connectivity index (χ4n) is 3.18. The van der Waals surface area contributed by atoms with Crippen LogP contribution in [0.1, 0.15) is 23.2 Å². The van der Waals surface area contributed by atoms with Gasteiger partial charge in [0.05, 0.1) is 4.92 Å². The normalized spacial score (nSPS) is 15.5. The Morgan fingerprint density at radius 1 is 1.30 bits per heavy atom. The van der Waals surface area contributed by atoms with Crippen LogP contribution in [0.3, 0.4) is 0 Å². The van der Waals surface area contributed by atoms with E-state index in [1.807, 2.05) is 5.38 Å². The molecule has 1 fully saturated rings. The number of anilines is 1. The Morgan fingerprint density at radius 3 is 2.56 bits per heavy atom. The molecule has 3 rings (SSSR count). The van der Waals surface area contributed by atoms with E-state index in [9.17, 15) is 23.3 Å². The van der Waals surface area contributed by atoms with Crippen LogP contribution in [0.5, 0.6) is 0 Å². The summed E-state index contributed by atoms with van der Waals surface area (Å²) in [7, 11) is -3.72. The van der Waals surface area contributed by atoms with E-state index in [-0.39, 0.29) is 22.5 Å². The molecule has 2 aromatic rings. The summed E-state index contributed by atoms with van der Waals surface area (Å²) in [5.74, 6) is -0.125. The molecule has 1 saturated heterocycles. The van der Waals surface area contributed by atoms with Crippen LogP contribution in [0.2, 0.25) is 0 Å². The smallest absolute Gasteiger partial charge is 0.311 e. The second kappa shape index (κ2) is 7.65. The van der Waals surface area contributed by atoms with Crippen molar-refractivity contribution in [2.45, 2.75) is 23.8 Å². The second-order valence-corrected chi connectivity index (χ2v) is 9.16. The molecule has 27 heavy (non-hydrogen) atoms. The van der Waals surface area contributed by atoms with Gasteiger partial charge < -0.3 is 10.2 Å². The summed E-state index contributed by atoms with van der Waals surface area (Å²) in [6.45, 7) is 0.977. The number of nitrogens with one attached hydrogen (secondary N) is 1. The van der Waals surface area contributed by atoms with E-state index in [0.29, 0.717) is 37.2 Å². The average molecular weight is 409 g/mol. The number of sulfone groups is 1. The molecule has 1 N–H and O–H groups in total. The van der Waals surface area contributed by atoms with E-state index in [4.69, 9.17) is 0 Å². The maximum Gasteiger partial charge on any atom is 0.311 e. The molecule has 1 aromatic carbocycles. The number of amides is 1. The zero-order valence-electron chi connectivity index (χ0n) is 14.6. The molecule has 0 spiro atoms.